The predicted octanol–water partition coefficient (Wildman–Crippen LogP) is 2.32. The molecule has 1 N–H and O–H groups in total. The Morgan fingerprint density at radius 1 is 1.24 bits per heavy atom. The Morgan fingerprint density at radius 3 is 2.76 bits per heavy atom. The molecular formula is C12H8IN3O. The summed E-state index contributed by atoms with van der Waals surface area (Å²) in [4.78, 5) is 18.5. The summed E-state index contributed by atoms with van der Waals surface area (Å²) in [6.07, 6.45) is 1.43. The summed E-state index contributed by atoms with van der Waals surface area (Å²) >= 11 is 2.20. The van der Waals surface area contributed by atoms with Crippen molar-refractivity contribution >= 4 is 33.6 Å². The van der Waals surface area contributed by atoms with E-state index < -0.39 is 0 Å². The smallest absolute Gasteiger partial charge is 0.260 e. The molecule has 84 valence electrons. The highest BCUT2D eigenvalue weighted by Gasteiger charge is 2.11. The molecule has 0 saturated carbocycles. The Morgan fingerprint density at radius 2 is 2.00 bits per heavy atom. The lowest BCUT2D eigenvalue weighted by molar-refractivity contribution is 1.04. The number of benzene rings is 1. The third-order valence-electron chi connectivity index (χ3n) is 2.57. The maximum Gasteiger partial charge on any atom is 0.260 e. The zero-order valence-corrected chi connectivity index (χ0v) is 10.9. The van der Waals surface area contributed by atoms with Crippen molar-refractivity contribution in [2.75, 3.05) is 0 Å². The SMILES string of the molecule is O=c1[nH]cnc2c1cc(I)n2-c1ccccc1. The van der Waals surface area contributed by atoms with Crippen LogP contribution in [0.1, 0.15) is 0 Å². The van der Waals surface area contributed by atoms with Crippen LogP contribution in [0.2, 0.25) is 0 Å². The number of nitrogens with zero attached hydrogens (tertiary/aromatic N) is 2. The van der Waals surface area contributed by atoms with E-state index in [4.69, 9.17) is 0 Å². The molecule has 2 aromatic heterocycles. The standard InChI is InChI=1S/C12H8IN3O/c13-10-6-9-11(14-7-15-12(9)17)16(10)8-4-2-1-3-5-8/h1-7H,(H,14,15,17). The van der Waals surface area contributed by atoms with Crippen LogP contribution in [0.3, 0.4) is 0 Å². The maximum atomic E-state index is 11.7. The Bertz CT molecular complexity index is 730. The van der Waals surface area contributed by atoms with Crippen LogP contribution in [0.25, 0.3) is 16.7 Å². The van der Waals surface area contributed by atoms with Gasteiger partial charge in [0.15, 0.2) is 5.65 Å². The van der Waals surface area contributed by atoms with Gasteiger partial charge in [0.05, 0.1) is 15.4 Å². The van der Waals surface area contributed by atoms with Gasteiger partial charge in [-0.3, -0.25) is 9.36 Å². The number of aromatic amines is 1. The van der Waals surface area contributed by atoms with Crippen LogP contribution < -0.4 is 5.56 Å². The van der Waals surface area contributed by atoms with Crippen LogP contribution in [0.5, 0.6) is 0 Å². The van der Waals surface area contributed by atoms with Crippen molar-refractivity contribution in [1.29, 1.82) is 0 Å². The molecule has 1 aromatic carbocycles. The molecule has 0 amide bonds. The number of aromatic nitrogens is 3. The first-order valence-corrected chi connectivity index (χ1v) is 6.15. The molecule has 0 bridgehead atoms. The topological polar surface area (TPSA) is 50.7 Å². The van der Waals surface area contributed by atoms with Crippen molar-refractivity contribution in [2.24, 2.45) is 0 Å². The summed E-state index contributed by atoms with van der Waals surface area (Å²) in [6.45, 7) is 0. The van der Waals surface area contributed by atoms with Gasteiger partial charge >= 0.3 is 0 Å². The molecule has 17 heavy (non-hydrogen) atoms. The van der Waals surface area contributed by atoms with Crippen LogP contribution in [-0.4, -0.2) is 14.5 Å². The molecule has 4 nitrogen and oxygen atoms in total. The molecule has 3 aromatic rings. The number of nitrogens with one attached hydrogen (secondary N) is 1. The fourth-order valence-corrected chi connectivity index (χ4v) is 2.64. The van der Waals surface area contributed by atoms with Gasteiger partial charge < -0.3 is 4.98 Å². The fourth-order valence-electron chi connectivity index (χ4n) is 1.82. The van der Waals surface area contributed by atoms with Crippen LogP contribution in [-0.2, 0) is 0 Å². The summed E-state index contributed by atoms with van der Waals surface area (Å²) in [5.74, 6) is 0. The second-order valence-corrected chi connectivity index (χ2v) is 4.71. The number of fused-ring (bicyclic) bond motifs is 1. The van der Waals surface area contributed by atoms with E-state index in [9.17, 15) is 4.79 Å². The van der Waals surface area contributed by atoms with Crippen LogP contribution >= 0.6 is 22.6 Å². The number of para-hydroxylation sites is 1. The molecule has 0 fully saturated rings. The summed E-state index contributed by atoms with van der Waals surface area (Å²) in [5, 5.41) is 0.612. The van der Waals surface area contributed by atoms with E-state index in [-0.39, 0.29) is 5.56 Å². The average Bonchev–Trinajstić information content (AvgIpc) is 2.68. The molecule has 2 heterocycles. The number of hydrogen-bond acceptors (Lipinski definition) is 2. The highest BCUT2D eigenvalue weighted by molar-refractivity contribution is 14.1. The van der Waals surface area contributed by atoms with Crippen LogP contribution in [0.4, 0.5) is 0 Å². The molecule has 0 spiro atoms. The molecule has 0 aliphatic rings. The van der Waals surface area contributed by atoms with Crippen molar-refractivity contribution in [3.63, 3.8) is 0 Å². The van der Waals surface area contributed by atoms with Gasteiger partial charge in [-0.25, -0.2) is 4.98 Å². The molecule has 3 rings (SSSR count). The second-order valence-electron chi connectivity index (χ2n) is 3.61. The zero-order valence-electron chi connectivity index (χ0n) is 8.72. The highest BCUT2D eigenvalue weighted by atomic mass is 127. The van der Waals surface area contributed by atoms with Crippen molar-refractivity contribution in [2.45, 2.75) is 0 Å². The first kappa shape index (κ1) is 10.5. The molecule has 0 aliphatic carbocycles. The first-order chi connectivity index (χ1) is 8.27. The Hall–Kier alpha value is -1.63. The first-order valence-electron chi connectivity index (χ1n) is 5.07. The zero-order chi connectivity index (χ0) is 11.8. The van der Waals surface area contributed by atoms with Crippen LogP contribution in [0, 0.1) is 3.70 Å². The third-order valence-corrected chi connectivity index (χ3v) is 3.37. The maximum absolute atomic E-state index is 11.7. The van der Waals surface area contributed by atoms with E-state index >= 15 is 0 Å². The van der Waals surface area contributed by atoms with E-state index in [1.165, 1.54) is 6.33 Å². The predicted molar refractivity (Wildman–Crippen MR) is 74.4 cm³/mol. The van der Waals surface area contributed by atoms with Gasteiger partial charge in [-0.05, 0) is 40.8 Å². The average molecular weight is 337 g/mol. The van der Waals surface area contributed by atoms with E-state index in [2.05, 4.69) is 32.6 Å². The van der Waals surface area contributed by atoms with Crippen molar-refractivity contribution in [3.8, 4) is 5.69 Å². The van der Waals surface area contributed by atoms with Crippen LogP contribution in [0.15, 0.2) is 47.5 Å². The lowest BCUT2D eigenvalue weighted by Crippen LogP contribution is -2.06. The lowest BCUT2D eigenvalue weighted by atomic mass is 10.3. The minimum Gasteiger partial charge on any atom is -0.313 e. The molecule has 0 radical (unpaired) electrons. The monoisotopic (exact) mass is 337 g/mol. The number of rotatable bonds is 1. The molecule has 0 aliphatic heterocycles. The quantitative estimate of drug-likeness (QED) is 0.693. The molecule has 0 unspecified atom stereocenters. The van der Waals surface area contributed by atoms with Gasteiger partial charge in [0.25, 0.3) is 5.56 Å². The largest absolute Gasteiger partial charge is 0.313 e. The van der Waals surface area contributed by atoms with Gasteiger partial charge in [-0.15, -0.1) is 0 Å². The minimum absolute atomic E-state index is 0.109. The van der Waals surface area contributed by atoms with E-state index in [1.54, 1.807) is 0 Å². The fraction of sp³-hybridized carbons (Fsp3) is 0. The van der Waals surface area contributed by atoms with Gasteiger partial charge in [0, 0.05) is 5.69 Å². The Kier molecular flexibility index (Phi) is 2.47. The van der Waals surface area contributed by atoms with E-state index in [1.807, 2.05) is 41.0 Å². The molecule has 5 heteroatoms. The molecule has 0 atom stereocenters. The summed E-state index contributed by atoms with van der Waals surface area (Å²) in [5.41, 5.74) is 1.58. The number of halogens is 1. The molecule has 0 saturated heterocycles. The Labute approximate surface area is 110 Å². The van der Waals surface area contributed by atoms with Crippen molar-refractivity contribution in [3.05, 3.63) is 56.8 Å². The highest BCUT2D eigenvalue weighted by Crippen LogP contribution is 2.21. The van der Waals surface area contributed by atoms with Gasteiger partial charge in [0.1, 0.15) is 0 Å². The van der Waals surface area contributed by atoms with E-state index in [0.717, 1.165) is 9.39 Å². The Balaban J connectivity index is 2.41. The summed E-state index contributed by atoms with van der Waals surface area (Å²) < 4.78 is 2.93. The van der Waals surface area contributed by atoms with Gasteiger partial charge in [-0.1, -0.05) is 18.2 Å². The summed E-state index contributed by atoms with van der Waals surface area (Å²) in [7, 11) is 0. The second kappa shape index (κ2) is 3.99. The summed E-state index contributed by atoms with van der Waals surface area (Å²) in [6, 6.07) is 11.7. The molecular weight excluding hydrogens is 329 g/mol. The van der Waals surface area contributed by atoms with Crippen molar-refractivity contribution in [1.82, 2.24) is 14.5 Å². The minimum atomic E-state index is -0.109. The van der Waals surface area contributed by atoms with Gasteiger partial charge in [0.2, 0.25) is 0 Å². The van der Waals surface area contributed by atoms with E-state index in [0.29, 0.717) is 11.0 Å². The van der Waals surface area contributed by atoms with Crippen molar-refractivity contribution < 1.29 is 0 Å². The number of H-pyrrole nitrogens is 1. The van der Waals surface area contributed by atoms with Gasteiger partial charge in [-0.2, -0.15) is 0 Å². The third kappa shape index (κ3) is 1.66. The number of hydrogen-bond donors (Lipinski definition) is 1. The lowest BCUT2D eigenvalue weighted by Gasteiger charge is -2.05. The normalized spacial score (nSPS) is 10.9.